The second kappa shape index (κ2) is 6.73. The average Bonchev–Trinajstić information content (AvgIpc) is 3.35. The molecule has 136 valence electrons. The number of nitrogens with zero attached hydrogens (tertiary/aromatic N) is 2. The van der Waals surface area contributed by atoms with Crippen LogP contribution in [-0.4, -0.2) is 36.7 Å². The Kier molecular flexibility index (Phi) is 4.55. The molecule has 1 aromatic carbocycles. The fraction of sp³-hybridized carbons (Fsp3) is 0.294. The molecule has 1 N–H and O–H groups in total. The molecule has 1 aliphatic rings. The van der Waals surface area contributed by atoms with Crippen LogP contribution >= 0.6 is 22.7 Å². The van der Waals surface area contributed by atoms with E-state index in [2.05, 4.69) is 10.3 Å². The summed E-state index contributed by atoms with van der Waals surface area (Å²) in [6.45, 7) is 2.99. The van der Waals surface area contributed by atoms with E-state index in [1.807, 2.05) is 25.1 Å². The molecular formula is C17H17N3O3S3. The molecule has 26 heavy (non-hydrogen) atoms. The summed E-state index contributed by atoms with van der Waals surface area (Å²) in [5.41, 5.74) is 1.89. The number of nitrogens with one attached hydrogen (secondary N) is 1. The van der Waals surface area contributed by atoms with Crippen LogP contribution in [0.3, 0.4) is 0 Å². The van der Waals surface area contributed by atoms with Gasteiger partial charge in [-0.2, -0.15) is 4.31 Å². The zero-order chi connectivity index (χ0) is 18.3. The van der Waals surface area contributed by atoms with E-state index in [0.29, 0.717) is 18.2 Å². The first-order valence-electron chi connectivity index (χ1n) is 8.22. The van der Waals surface area contributed by atoms with Crippen LogP contribution in [-0.2, 0) is 10.0 Å². The highest BCUT2D eigenvalue weighted by atomic mass is 32.2. The van der Waals surface area contributed by atoms with Crippen molar-refractivity contribution in [1.29, 1.82) is 0 Å². The van der Waals surface area contributed by atoms with Crippen molar-refractivity contribution in [3.8, 4) is 0 Å². The van der Waals surface area contributed by atoms with E-state index in [0.717, 1.165) is 40.0 Å². The molecule has 0 radical (unpaired) electrons. The molecule has 6 nitrogen and oxygen atoms in total. The standard InChI is InChI=1S/C17H17N3O3S3/c1-11-5-4-6-12-14(11)18-17(25-12)19-16(21)15-13(7-10-24-15)26(22,23)20-8-2-3-9-20/h4-7,10H,2-3,8-9H2,1H3,(H,18,19,21). The summed E-state index contributed by atoms with van der Waals surface area (Å²) in [4.78, 5) is 17.4. The topological polar surface area (TPSA) is 79.4 Å². The summed E-state index contributed by atoms with van der Waals surface area (Å²) in [5.74, 6) is -0.436. The maximum absolute atomic E-state index is 12.8. The number of rotatable bonds is 4. The molecule has 3 aromatic rings. The van der Waals surface area contributed by atoms with Crippen molar-refractivity contribution in [2.45, 2.75) is 24.7 Å². The van der Waals surface area contributed by atoms with Crippen LogP contribution in [0.5, 0.6) is 0 Å². The smallest absolute Gasteiger partial charge is 0.268 e. The molecule has 1 fully saturated rings. The first-order valence-corrected chi connectivity index (χ1v) is 11.4. The highest BCUT2D eigenvalue weighted by Gasteiger charge is 2.32. The minimum Gasteiger partial charge on any atom is -0.297 e. The molecule has 0 spiro atoms. The van der Waals surface area contributed by atoms with Crippen LogP contribution in [0.1, 0.15) is 28.1 Å². The van der Waals surface area contributed by atoms with Gasteiger partial charge in [0, 0.05) is 13.1 Å². The molecule has 0 atom stereocenters. The number of sulfonamides is 1. The third kappa shape index (κ3) is 3.05. The number of fused-ring (bicyclic) bond motifs is 1. The number of carbonyl (C=O) groups excluding carboxylic acids is 1. The number of benzene rings is 1. The lowest BCUT2D eigenvalue weighted by Gasteiger charge is -2.15. The van der Waals surface area contributed by atoms with E-state index in [-0.39, 0.29) is 9.77 Å². The third-order valence-electron chi connectivity index (χ3n) is 4.36. The molecule has 2 aromatic heterocycles. The summed E-state index contributed by atoms with van der Waals surface area (Å²) in [7, 11) is -3.63. The minimum atomic E-state index is -3.63. The lowest BCUT2D eigenvalue weighted by atomic mass is 10.2. The van der Waals surface area contributed by atoms with Gasteiger partial charge < -0.3 is 0 Å². The van der Waals surface area contributed by atoms with Crippen molar-refractivity contribution in [2.24, 2.45) is 0 Å². The van der Waals surface area contributed by atoms with E-state index in [1.165, 1.54) is 21.7 Å². The summed E-state index contributed by atoms with van der Waals surface area (Å²) >= 11 is 2.51. The molecule has 0 unspecified atom stereocenters. The largest absolute Gasteiger partial charge is 0.297 e. The summed E-state index contributed by atoms with van der Waals surface area (Å²) in [5, 5.41) is 4.87. The van der Waals surface area contributed by atoms with Crippen LogP contribution in [0.2, 0.25) is 0 Å². The lowest BCUT2D eigenvalue weighted by Crippen LogP contribution is -2.29. The van der Waals surface area contributed by atoms with E-state index in [1.54, 1.807) is 5.38 Å². The summed E-state index contributed by atoms with van der Waals surface area (Å²) in [6, 6.07) is 7.37. The van der Waals surface area contributed by atoms with Crippen LogP contribution in [0.15, 0.2) is 34.5 Å². The van der Waals surface area contributed by atoms with E-state index in [9.17, 15) is 13.2 Å². The number of thiazole rings is 1. The van der Waals surface area contributed by atoms with Crippen molar-refractivity contribution in [1.82, 2.24) is 9.29 Å². The van der Waals surface area contributed by atoms with Gasteiger partial charge >= 0.3 is 0 Å². The Labute approximate surface area is 159 Å². The predicted molar refractivity (Wildman–Crippen MR) is 105 cm³/mol. The van der Waals surface area contributed by atoms with Crippen LogP contribution in [0.25, 0.3) is 10.2 Å². The van der Waals surface area contributed by atoms with Gasteiger partial charge in [0.1, 0.15) is 9.77 Å². The van der Waals surface area contributed by atoms with Gasteiger partial charge in [0.15, 0.2) is 5.13 Å². The number of para-hydroxylation sites is 1. The van der Waals surface area contributed by atoms with E-state index in [4.69, 9.17) is 0 Å². The number of thiophene rings is 1. The van der Waals surface area contributed by atoms with Crippen LogP contribution in [0, 0.1) is 6.92 Å². The Morgan fingerprint density at radius 2 is 2.00 bits per heavy atom. The first kappa shape index (κ1) is 17.6. The van der Waals surface area contributed by atoms with Gasteiger partial charge in [0.2, 0.25) is 10.0 Å². The van der Waals surface area contributed by atoms with E-state index >= 15 is 0 Å². The SMILES string of the molecule is Cc1cccc2sc(NC(=O)c3sccc3S(=O)(=O)N3CCCC3)nc12. The number of hydrogen-bond donors (Lipinski definition) is 1. The highest BCUT2D eigenvalue weighted by molar-refractivity contribution is 7.89. The van der Waals surface area contributed by atoms with Gasteiger partial charge in [-0.1, -0.05) is 23.5 Å². The first-order chi connectivity index (χ1) is 12.5. The summed E-state index contributed by atoms with van der Waals surface area (Å²) < 4.78 is 28.0. The summed E-state index contributed by atoms with van der Waals surface area (Å²) in [6.07, 6.45) is 1.71. The predicted octanol–water partition coefficient (Wildman–Crippen LogP) is 3.70. The molecule has 3 heterocycles. The Balaban J connectivity index is 1.63. The molecule has 1 aliphatic heterocycles. The molecule has 0 bridgehead atoms. The van der Waals surface area contributed by atoms with Gasteiger partial charge in [-0.15, -0.1) is 11.3 Å². The maximum atomic E-state index is 12.8. The van der Waals surface area contributed by atoms with Gasteiger partial charge in [0.25, 0.3) is 5.91 Å². The van der Waals surface area contributed by atoms with Gasteiger partial charge in [-0.05, 0) is 42.8 Å². The van der Waals surface area contributed by atoms with Crippen molar-refractivity contribution in [2.75, 3.05) is 18.4 Å². The molecule has 4 rings (SSSR count). The average molecular weight is 408 g/mol. The molecule has 9 heteroatoms. The highest BCUT2D eigenvalue weighted by Crippen LogP contribution is 2.31. The quantitative estimate of drug-likeness (QED) is 0.715. The van der Waals surface area contributed by atoms with Crippen LogP contribution in [0.4, 0.5) is 5.13 Å². The van der Waals surface area contributed by atoms with Gasteiger partial charge in [-0.3, -0.25) is 10.1 Å². The normalized spacial score (nSPS) is 15.6. The Hall–Kier alpha value is -1.81. The fourth-order valence-corrected chi connectivity index (χ4v) is 6.78. The number of aryl methyl sites for hydroxylation is 1. The third-order valence-corrected chi connectivity index (χ3v) is 8.28. The van der Waals surface area contributed by atoms with Crippen molar-refractivity contribution in [3.63, 3.8) is 0 Å². The van der Waals surface area contributed by atoms with Crippen molar-refractivity contribution in [3.05, 3.63) is 40.1 Å². The van der Waals surface area contributed by atoms with Crippen LogP contribution < -0.4 is 5.32 Å². The Morgan fingerprint density at radius 3 is 2.73 bits per heavy atom. The van der Waals surface area contributed by atoms with Crippen molar-refractivity contribution < 1.29 is 13.2 Å². The molecule has 1 saturated heterocycles. The lowest BCUT2D eigenvalue weighted by molar-refractivity contribution is 0.102. The van der Waals surface area contributed by atoms with E-state index < -0.39 is 15.9 Å². The molecular weight excluding hydrogens is 390 g/mol. The molecule has 0 aliphatic carbocycles. The number of carbonyl (C=O) groups is 1. The zero-order valence-corrected chi connectivity index (χ0v) is 16.5. The van der Waals surface area contributed by atoms with Crippen molar-refractivity contribution >= 4 is 54.0 Å². The molecule has 1 amide bonds. The van der Waals surface area contributed by atoms with Gasteiger partial charge in [0.05, 0.1) is 10.2 Å². The second-order valence-corrected chi connectivity index (χ2v) is 9.97. The monoisotopic (exact) mass is 407 g/mol. The second-order valence-electron chi connectivity index (χ2n) is 6.12. The number of aromatic nitrogens is 1. The van der Waals surface area contributed by atoms with Gasteiger partial charge in [-0.25, -0.2) is 13.4 Å². The molecule has 0 saturated carbocycles. The number of hydrogen-bond acceptors (Lipinski definition) is 6. The number of amides is 1. The number of anilines is 1. The fourth-order valence-electron chi connectivity index (χ4n) is 3.03. The zero-order valence-electron chi connectivity index (χ0n) is 14.1. The maximum Gasteiger partial charge on any atom is 0.268 e. The Bertz CT molecular complexity index is 1080. The Morgan fingerprint density at radius 1 is 1.23 bits per heavy atom. The minimum absolute atomic E-state index is 0.0826.